The van der Waals surface area contributed by atoms with Crippen molar-refractivity contribution in [3.8, 4) is 0 Å². The van der Waals surface area contributed by atoms with Gasteiger partial charge in [0.2, 0.25) is 11.3 Å². The maximum atomic E-state index is 12.7. The van der Waals surface area contributed by atoms with Gasteiger partial charge in [-0.25, -0.2) is 0 Å². The minimum Gasteiger partial charge on any atom is -1.00 e. The van der Waals surface area contributed by atoms with Crippen molar-refractivity contribution in [1.29, 1.82) is 0 Å². The molecule has 0 radical (unpaired) electrons. The van der Waals surface area contributed by atoms with E-state index < -0.39 is 0 Å². The Hall–Kier alpha value is 1.05. The Balaban J connectivity index is 0.00000180. The van der Waals surface area contributed by atoms with Gasteiger partial charge >= 0.3 is 0 Å². The minimum atomic E-state index is -0.170. The van der Waals surface area contributed by atoms with E-state index in [1.807, 2.05) is 0 Å². The third kappa shape index (κ3) is 3.51. The number of carbonyl (C=O) groups excluding carboxylic acids is 1. The topological polar surface area (TPSA) is 17.1 Å². The predicted molar refractivity (Wildman–Crippen MR) is 74.2 cm³/mol. The summed E-state index contributed by atoms with van der Waals surface area (Å²) in [4.78, 5) is 12.7. The number of hydrogen-bond acceptors (Lipinski definition) is 1. The van der Waals surface area contributed by atoms with E-state index in [1.54, 1.807) is 0 Å². The number of Topliss-reactive ketones (excluding diaryl/α,β-unsaturated/α-hetero) is 1. The number of hydrogen-bond donors (Lipinski definition) is 0. The maximum absolute atomic E-state index is 12.7. The summed E-state index contributed by atoms with van der Waals surface area (Å²) >= 11 is 0. The molecule has 20 heavy (non-hydrogen) atoms. The molecule has 0 bridgehead atoms. The first-order valence-electron chi connectivity index (χ1n) is 7.42. The van der Waals surface area contributed by atoms with Gasteiger partial charge in [-0.05, 0) is 26.2 Å². The van der Waals surface area contributed by atoms with Crippen molar-refractivity contribution in [2.75, 3.05) is 40.8 Å². The molecule has 0 aromatic rings. The molecule has 2 fully saturated rings. The summed E-state index contributed by atoms with van der Waals surface area (Å²) in [6, 6.07) is 0.460. The number of likely N-dealkylation sites (N-methyl/N-ethyl adjacent to an activating group) is 2. The van der Waals surface area contributed by atoms with Crippen LogP contribution < -0.4 is 48.0 Å². The molecule has 2 saturated heterocycles. The first-order valence-corrected chi connectivity index (χ1v) is 7.42. The zero-order valence-corrected chi connectivity index (χ0v) is 17.9. The van der Waals surface area contributed by atoms with Gasteiger partial charge in [0.25, 0.3) is 0 Å². The molecule has 0 saturated carbocycles. The van der Waals surface area contributed by atoms with E-state index in [4.69, 9.17) is 0 Å². The van der Waals surface area contributed by atoms with Crippen LogP contribution in [0.5, 0.6) is 0 Å². The average molecular weight is 508 g/mol. The zero-order chi connectivity index (χ0) is 13.6. The van der Waals surface area contributed by atoms with Crippen molar-refractivity contribution in [1.82, 2.24) is 0 Å². The predicted octanol–water partition coefficient (Wildman–Crippen LogP) is -4.18. The smallest absolute Gasteiger partial charge is 0.204 e. The number of quaternary nitrogens is 2. The van der Waals surface area contributed by atoms with Crippen LogP contribution in [0.4, 0.5) is 0 Å². The van der Waals surface area contributed by atoms with Crippen LogP contribution >= 0.6 is 0 Å². The molecule has 3 nitrogen and oxygen atoms in total. The summed E-state index contributed by atoms with van der Waals surface area (Å²) in [7, 11) is 6.88. The highest BCUT2D eigenvalue weighted by Gasteiger charge is 2.58. The number of ketones is 1. The molecular weight excluding hydrogens is 478 g/mol. The van der Waals surface area contributed by atoms with Crippen molar-refractivity contribution >= 4 is 5.78 Å². The van der Waals surface area contributed by atoms with Crippen LogP contribution in [0.25, 0.3) is 0 Å². The lowest BCUT2D eigenvalue weighted by Crippen LogP contribution is -3.00. The summed E-state index contributed by atoms with van der Waals surface area (Å²) in [5, 5.41) is 0. The maximum Gasteiger partial charge on any atom is 0.204 e. The van der Waals surface area contributed by atoms with Crippen molar-refractivity contribution in [2.45, 2.75) is 51.1 Å². The van der Waals surface area contributed by atoms with Gasteiger partial charge in [0.15, 0.2) is 0 Å². The van der Waals surface area contributed by atoms with Gasteiger partial charge in [-0.15, -0.1) is 0 Å². The number of rotatable bonds is 1. The van der Waals surface area contributed by atoms with Gasteiger partial charge < -0.3 is 56.9 Å². The van der Waals surface area contributed by atoms with Crippen LogP contribution in [0.15, 0.2) is 0 Å². The number of likely N-dealkylation sites (tertiary alicyclic amines) is 2. The van der Waals surface area contributed by atoms with E-state index in [9.17, 15) is 4.79 Å². The van der Waals surface area contributed by atoms with Gasteiger partial charge in [-0.3, -0.25) is 4.79 Å². The molecule has 2 aliphatic rings. The summed E-state index contributed by atoms with van der Waals surface area (Å²) in [6.07, 6.45) is 4.65. The Labute approximate surface area is 158 Å². The van der Waals surface area contributed by atoms with E-state index in [2.05, 4.69) is 35.0 Å². The van der Waals surface area contributed by atoms with E-state index >= 15 is 0 Å². The van der Waals surface area contributed by atoms with E-state index in [0.717, 1.165) is 21.9 Å². The van der Waals surface area contributed by atoms with Crippen LogP contribution in [0, 0.1) is 0 Å². The highest BCUT2D eigenvalue weighted by molar-refractivity contribution is 5.88. The Morgan fingerprint density at radius 2 is 1.55 bits per heavy atom. The highest BCUT2D eigenvalue weighted by Crippen LogP contribution is 2.36. The summed E-state index contributed by atoms with van der Waals surface area (Å²) in [5.74, 6) is 0.497. The van der Waals surface area contributed by atoms with Crippen molar-refractivity contribution in [3.05, 3.63) is 0 Å². The lowest BCUT2D eigenvalue weighted by molar-refractivity contribution is -1.00. The van der Waals surface area contributed by atoms with Gasteiger partial charge in [0.05, 0.1) is 46.7 Å². The zero-order valence-electron chi connectivity index (χ0n) is 13.6. The molecule has 0 aromatic carbocycles. The Bertz CT molecular complexity index is 354. The minimum absolute atomic E-state index is 0. The van der Waals surface area contributed by atoms with Gasteiger partial charge in [0, 0.05) is 6.92 Å². The summed E-state index contributed by atoms with van der Waals surface area (Å²) in [6.45, 7) is 7.79. The van der Waals surface area contributed by atoms with Gasteiger partial charge in [-0.2, -0.15) is 0 Å². The molecule has 0 aromatic heterocycles. The molecule has 5 heteroatoms. The van der Waals surface area contributed by atoms with E-state index in [-0.39, 0.29) is 53.5 Å². The number of carbonyl (C=O) groups is 1. The van der Waals surface area contributed by atoms with Crippen molar-refractivity contribution < 1.29 is 61.7 Å². The number of halogens is 2. The largest absolute Gasteiger partial charge is 1.00 e. The van der Waals surface area contributed by atoms with Crippen LogP contribution in [-0.4, -0.2) is 67.1 Å². The Morgan fingerprint density at radius 1 is 1.05 bits per heavy atom. The van der Waals surface area contributed by atoms with E-state index in [0.29, 0.717) is 11.8 Å². The molecule has 2 atom stereocenters. The standard InChI is InChI=1S/C15H30N2O.2HI/c1-13-11-14(18)15(2,12-16(13,3)4)17(5)9-7-6-8-10-17;;/h13H,6-12H2,1-5H3;2*1H/q+2;;/p-2. The van der Waals surface area contributed by atoms with Gasteiger partial charge in [0.1, 0.15) is 6.54 Å². The quantitative estimate of drug-likeness (QED) is 0.260. The first-order chi connectivity index (χ1) is 8.21. The Morgan fingerprint density at radius 3 is 2.05 bits per heavy atom. The molecule has 0 spiro atoms. The SMILES string of the molecule is CC1CC(=O)C(C)([N+]2(C)CCCCC2)C[N+]1(C)C.[I-].[I-]. The molecule has 2 unspecified atom stereocenters. The summed E-state index contributed by atoms with van der Waals surface area (Å²) < 4.78 is 1.95. The Kier molecular flexibility index (Phi) is 7.46. The highest BCUT2D eigenvalue weighted by atomic mass is 127. The van der Waals surface area contributed by atoms with Gasteiger partial charge in [-0.1, -0.05) is 0 Å². The first kappa shape index (κ1) is 21.0. The third-order valence-corrected chi connectivity index (χ3v) is 5.98. The molecule has 2 heterocycles. The second-order valence-corrected chi connectivity index (χ2v) is 7.59. The lowest BCUT2D eigenvalue weighted by atomic mass is 9.80. The fraction of sp³-hybridized carbons (Fsp3) is 0.933. The lowest BCUT2D eigenvalue weighted by Gasteiger charge is -2.55. The van der Waals surface area contributed by atoms with E-state index in [1.165, 1.54) is 32.4 Å². The van der Waals surface area contributed by atoms with Crippen LogP contribution in [0.3, 0.4) is 0 Å². The van der Waals surface area contributed by atoms with Crippen molar-refractivity contribution in [2.24, 2.45) is 0 Å². The summed E-state index contributed by atoms with van der Waals surface area (Å²) in [5.41, 5.74) is -0.170. The van der Waals surface area contributed by atoms with Crippen molar-refractivity contribution in [3.63, 3.8) is 0 Å². The normalized spacial score (nSPS) is 35.6. The van der Waals surface area contributed by atoms with Crippen LogP contribution in [0.1, 0.15) is 39.5 Å². The third-order valence-electron chi connectivity index (χ3n) is 5.98. The van der Waals surface area contributed by atoms with Crippen LogP contribution in [0.2, 0.25) is 0 Å². The second kappa shape index (κ2) is 7.08. The molecule has 0 aliphatic carbocycles. The van der Waals surface area contributed by atoms with Crippen LogP contribution in [-0.2, 0) is 4.79 Å². The monoisotopic (exact) mass is 508 g/mol. The molecule has 2 aliphatic heterocycles. The molecule has 0 amide bonds. The average Bonchev–Trinajstić information content (AvgIpc) is 2.27. The number of piperidine rings is 2. The molecule has 2 rings (SSSR count). The second-order valence-electron chi connectivity index (χ2n) is 7.59. The molecule has 120 valence electrons. The fourth-order valence-corrected chi connectivity index (χ4v) is 3.95. The fourth-order valence-electron chi connectivity index (χ4n) is 3.95. The molecular formula is C15H30I2N2O. The number of nitrogens with zero attached hydrogens (tertiary/aromatic N) is 2. The molecule has 0 N–H and O–H groups in total.